The van der Waals surface area contributed by atoms with E-state index in [-0.39, 0.29) is 28.9 Å². The molecule has 4 aromatic rings. The summed E-state index contributed by atoms with van der Waals surface area (Å²) in [4.78, 5) is 28.9. The Morgan fingerprint density at radius 2 is 1.45 bits per heavy atom. The molecule has 7 nitrogen and oxygen atoms in total. The van der Waals surface area contributed by atoms with Crippen LogP contribution in [0, 0.1) is 5.82 Å². The predicted octanol–water partition coefficient (Wildman–Crippen LogP) is 6.86. The Balaban J connectivity index is 1.87. The van der Waals surface area contributed by atoms with E-state index in [4.69, 9.17) is 11.6 Å². The molecule has 0 saturated heterocycles. The van der Waals surface area contributed by atoms with Crippen LogP contribution in [0.5, 0.6) is 0 Å². The third-order valence-electron chi connectivity index (χ3n) is 7.12. The summed E-state index contributed by atoms with van der Waals surface area (Å²) in [5, 5.41) is 2.44. The van der Waals surface area contributed by atoms with Crippen molar-refractivity contribution in [3.63, 3.8) is 0 Å². The molecular weight excluding hydrogens is 658 g/mol. The van der Waals surface area contributed by atoms with Crippen LogP contribution in [-0.4, -0.2) is 43.8 Å². The highest BCUT2D eigenvalue weighted by atomic mass is 35.5. The number of anilines is 1. The first-order chi connectivity index (χ1) is 22.2. The van der Waals surface area contributed by atoms with Gasteiger partial charge < -0.3 is 10.2 Å². The second-order valence-electron chi connectivity index (χ2n) is 11.0. The number of nitrogens with one attached hydrogen (secondary N) is 1. The van der Waals surface area contributed by atoms with Crippen LogP contribution in [-0.2, 0) is 38.8 Å². The van der Waals surface area contributed by atoms with Crippen molar-refractivity contribution in [1.82, 2.24) is 10.2 Å². The second kappa shape index (κ2) is 15.0. The van der Waals surface area contributed by atoms with Crippen LogP contribution in [0.4, 0.5) is 23.2 Å². The highest BCUT2D eigenvalue weighted by Gasteiger charge is 2.37. The molecule has 0 aromatic heterocycles. The van der Waals surface area contributed by atoms with Crippen molar-refractivity contribution in [1.29, 1.82) is 0 Å². The molecule has 0 fully saturated rings. The number of benzene rings is 4. The van der Waals surface area contributed by atoms with Crippen molar-refractivity contribution in [2.24, 2.45) is 0 Å². The average molecular weight is 690 g/mol. The van der Waals surface area contributed by atoms with E-state index in [1.807, 2.05) is 0 Å². The Kier molecular flexibility index (Phi) is 11.3. The molecule has 0 spiro atoms. The molecule has 0 aliphatic heterocycles. The highest BCUT2D eigenvalue weighted by Crippen LogP contribution is 2.37. The second-order valence-corrected chi connectivity index (χ2v) is 13.3. The first kappa shape index (κ1) is 35.4. The standard InChI is InChI=1S/C34H32ClF4N3O4S/c1-23(2)40-33(44)31(19-24-9-5-3-6-10-24)41(21-25-13-16-27(36)17-14-25)32(43)22-42(47(45,46)28-11-7-4-8-12-28)30-20-26(34(37,38)39)15-18-29(30)35/h3-18,20,23,31H,19,21-22H2,1-2H3,(H,40,44)/t31-/m1/s1. The van der Waals surface area contributed by atoms with Gasteiger partial charge in [-0.15, -0.1) is 0 Å². The van der Waals surface area contributed by atoms with E-state index in [0.717, 1.165) is 11.0 Å². The number of carbonyl (C=O) groups excluding carboxylic acids is 2. The zero-order valence-corrected chi connectivity index (χ0v) is 27.0. The summed E-state index contributed by atoms with van der Waals surface area (Å²) in [7, 11) is -4.69. The number of alkyl halides is 3. The zero-order valence-electron chi connectivity index (χ0n) is 25.4. The zero-order chi connectivity index (χ0) is 34.4. The number of nitrogens with zero attached hydrogens (tertiary/aromatic N) is 2. The number of amides is 2. The molecule has 0 radical (unpaired) electrons. The van der Waals surface area contributed by atoms with Crippen LogP contribution in [0.25, 0.3) is 0 Å². The topological polar surface area (TPSA) is 86.8 Å². The summed E-state index contributed by atoms with van der Waals surface area (Å²) < 4.78 is 83.8. The molecule has 1 atom stereocenters. The van der Waals surface area contributed by atoms with Gasteiger partial charge in [0.05, 0.1) is 21.2 Å². The van der Waals surface area contributed by atoms with Crippen molar-refractivity contribution < 1.29 is 35.6 Å². The number of hydrogen-bond acceptors (Lipinski definition) is 4. The first-order valence-electron chi connectivity index (χ1n) is 14.5. The number of sulfonamides is 1. The van der Waals surface area contributed by atoms with Crippen LogP contribution in [0.3, 0.4) is 0 Å². The molecule has 4 aromatic carbocycles. The number of halogens is 5. The van der Waals surface area contributed by atoms with Crippen LogP contribution >= 0.6 is 11.6 Å². The van der Waals surface area contributed by atoms with Crippen molar-refractivity contribution in [2.45, 2.75) is 50.0 Å². The van der Waals surface area contributed by atoms with Gasteiger partial charge in [-0.05, 0) is 67.4 Å². The van der Waals surface area contributed by atoms with Crippen LogP contribution < -0.4 is 9.62 Å². The summed E-state index contributed by atoms with van der Waals surface area (Å²) >= 11 is 6.32. The fourth-order valence-electron chi connectivity index (χ4n) is 4.83. The fraction of sp³-hybridized carbons (Fsp3) is 0.235. The molecule has 0 unspecified atom stereocenters. The van der Waals surface area contributed by atoms with E-state index < -0.39 is 57.7 Å². The van der Waals surface area contributed by atoms with Gasteiger partial charge in [0.25, 0.3) is 10.0 Å². The molecule has 4 rings (SSSR count). The Morgan fingerprint density at radius 3 is 2.02 bits per heavy atom. The van der Waals surface area contributed by atoms with Crippen molar-refractivity contribution >= 4 is 39.1 Å². The van der Waals surface area contributed by atoms with Gasteiger partial charge in [-0.3, -0.25) is 13.9 Å². The third kappa shape index (κ3) is 9.11. The van der Waals surface area contributed by atoms with Crippen molar-refractivity contribution in [3.8, 4) is 0 Å². The molecule has 13 heteroatoms. The molecule has 2 amide bonds. The Hall–Kier alpha value is -4.42. The van der Waals surface area contributed by atoms with Crippen LogP contribution in [0.1, 0.15) is 30.5 Å². The van der Waals surface area contributed by atoms with E-state index in [2.05, 4.69) is 5.32 Å². The maximum Gasteiger partial charge on any atom is 0.416 e. The van der Waals surface area contributed by atoms with Gasteiger partial charge in [-0.2, -0.15) is 13.2 Å². The largest absolute Gasteiger partial charge is 0.416 e. The van der Waals surface area contributed by atoms with E-state index in [1.165, 1.54) is 48.5 Å². The van der Waals surface area contributed by atoms with Crippen LogP contribution in [0.2, 0.25) is 5.02 Å². The first-order valence-corrected chi connectivity index (χ1v) is 16.3. The van der Waals surface area contributed by atoms with E-state index >= 15 is 0 Å². The third-order valence-corrected chi connectivity index (χ3v) is 9.21. The van der Waals surface area contributed by atoms with E-state index in [0.29, 0.717) is 27.6 Å². The lowest BCUT2D eigenvalue weighted by molar-refractivity contribution is -0.140. The monoisotopic (exact) mass is 689 g/mol. The van der Waals surface area contributed by atoms with Crippen molar-refractivity contribution in [3.05, 3.63) is 131 Å². The minimum Gasteiger partial charge on any atom is -0.352 e. The molecule has 0 heterocycles. The normalized spacial score (nSPS) is 12.4. The summed E-state index contributed by atoms with van der Waals surface area (Å²) in [6, 6.07) is 21.5. The molecule has 0 bridgehead atoms. The van der Waals surface area contributed by atoms with Gasteiger partial charge >= 0.3 is 6.18 Å². The Morgan fingerprint density at radius 1 is 0.851 bits per heavy atom. The van der Waals surface area contributed by atoms with Gasteiger partial charge in [0, 0.05) is 19.0 Å². The van der Waals surface area contributed by atoms with Gasteiger partial charge in [0.15, 0.2) is 0 Å². The SMILES string of the molecule is CC(C)NC(=O)[C@@H](Cc1ccccc1)N(Cc1ccc(F)cc1)C(=O)CN(c1cc(C(F)(F)F)ccc1Cl)S(=O)(=O)c1ccccc1. The molecule has 0 aliphatic carbocycles. The Labute approximate surface area is 275 Å². The fourth-order valence-corrected chi connectivity index (χ4v) is 6.55. The number of carbonyl (C=O) groups is 2. The summed E-state index contributed by atoms with van der Waals surface area (Å²) in [6.07, 6.45) is -4.84. The van der Waals surface area contributed by atoms with Gasteiger partial charge in [-0.25, -0.2) is 12.8 Å². The lowest BCUT2D eigenvalue weighted by atomic mass is 10.0. The van der Waals surface area contributed by atoms with E-state index in [9.17, 15) is 35.6 Å². The quantitative estimate of drug-likeness (QED) is 0.165. The lowest BCUT2D eigenvalue weighted by Crippen LogP contribution is -2.54. The lowest BCUT2D eigenvalue weighted by Gasteiger charge is -2.34. The number of rotatable bonds is 12. The Bertz CT molecular complexity index is 1790. The smallest absolute Gasteiger partial charge is 0.352 e. The minimum absolute atomic E-state index is 0.0160. The van der Waals surface area contributed by atoms with Gasteiger partial charge in [0.1, 0.15) is 18.4 Å². The molecule has 0 saturated carbocycles. The molecule has 0 aliphatic rings. The highest BCUT2D eigenvalue weighted by molar-refractivity contribution is 7.92. The van der Waals surface area contributed by atoms with E-state index in [1.54, 1.807) is 50.2 Å². The van der Waals surface area contributed by atoms with Gasteiger partial charge in [0.2, 0.25) is 11.8 Å². The molecular formula is C34H32ClF4N3O4S. The molecule has 248 valence electrons. The van der Waals surface area contributed by atoms with Crippen LogP contribution in [0.15, 0.2) is 108 Å². The summed E-state index contributed by atoms with van der Waals surface area (Å²) in [5.74, 6) is -2.00. The molecule has 1 N–H and O–H groups in total. The maximum absolute atomic E-state index is 14.4. The number of hydrogen-bond donors (Lipinski definition) is 1. The summed E-state index contributed by atoms with van der Waals surface area (Å²) in [5.41, 5.74) is -0.654. The van der Waals surface area contributed by atoms with Gasteiger partial charge in [-0.1, -0.05) is 72.3 Å². The maximum atomic E-state index is 14.4. The molecule has 47 heavy (non-hydrogen) atoms. The average Bonchev–Trinajstić information content (AvgIpc) is 3.02. The predicted molar refractivity (Wildman–Crippen MR) is 172 cm³/mol. The van der Waals surface area contributed by atoms with Crippen molar-refractivity contribution in [2.75, 3.05) is 10.8 Å². The summed E-state index contributed by atoms with van der Waals surface area (Å²) in [6.45, 7) is 2.19. The minimum atomic E-state index is -4.85.